The summed E-state index contributed by atoms with van der Waals surface area (Å²) in [7, 11) is 0. The van der Waals surface area contributed by atoms with E-state index in [0.29, 0.717) is 0 Å². The molecule has 0 saturated carbocycles. The van der Waals surface area contributed by atoms with Gasteiger partial charge in [0.1, 0.15) is 0 Å². The highest BCUT2D eigenvalue weighted by atomic mass is 15.2. The molecule has 3 rings (SSSR count). The number of benzene rings is 1. The molecule has 2 aliphatic rings. The van der Waals surface area contributed by atoms with Gasteiger partial charge in [0.15, 0.2) is 0 Å². The van der Waals surface area contributed by atoms with Crippen molar-refractivity contribution in [1.29, 1.82) is 0 Å². The number of rotatable bonds is 5. The first-order valence-electron chi connectivity index (χ1n) is 8.67. The molecule has 116 valence electrons. The lowest BCUT2D eigenvalue weighted by Crippen LogP contribution is -2.47. The fourth-order valence-corrected chi connectivity index (χ4v) is 3.71. The van der Waals surface area contributed by atoms with Gasteiger partial charge >= 0.3 is 0 Å². The first kappa shape index (κ1) is 14.9. The van der Waals surface area contributed by atoms with Crippen LogP contribution in [0.2, 0.25) is 0 Å². The molecule has 0 atom stereocenters. The standard InChI is InChI=1S/C18H29N3/c1-3-7-17(8-4-1)19-11-16-20-14-9-18(10-15-20)21-12-5-2-6-13-21/h1,3-4,7-8,18-19H,2,5-6,9-16H2. The molecule has 2 fully saturated rings. The van der Waals surface area contributed by atoms with E-state index in [0.717, 1.165) is 12.6 Å². The lowest BCUT2D eigenvalue weighted by molar-refractivity contribution is 0.0943. The monoisotopic (exact) mass is 287 g/mol. The SMILES string of the molecule is c1ccc(NCCN2CCC(N3CCCCC3)CC2)cc1. The molecule has 3 heteroatoms. The fraction of sp³-hybridized carbons (Fsp3) is 0.667. The topological polar surface area (TPSA) is 18.5 Å². The van der Waals surface area contributed by atoms with Crippen LogP contribution in [0.4, 0.5) is 5.69 Å². The minimum atomic E-state index is 0.864. The van der Waals surface area contributed by atoms with Gasteiger partial charge in [-0.3, -0.25) is 0 Å². The molecule has 1 N–H and O–H groups in total. The van der Waals surface area contributed by atoms with E-state index in [1.54, 1.807) is 0 Å². The van der Waals surface area contributed by atoms with Crippen LogP contribution < -0.4 is 5.32 Å². The second-order valence-corrected chi connectivity index (χ2v) is 6.46. The Labute approximate surface area is 129 Å². The fourth-order valence-electron chi connectivity index (χ4n) is 3.71. The van der Waals surface area contributed by atoms with Gasteiger partial charge in [0.05, 0.1) is 0 Å². The Balaban J connectivity index is 1.34. The van der Waals surface area contributed by atoms with Crippen molar-refractivity contribution in [2.24, 2.45) is 0 Å². The van der Waals surface area contributed by atoms with Crippen LogP contribution in [0.1, 0.15) is 32.1 Å². The van der Waals surface area contributed by atoms with E-state index in [9.17, 15) is 0 Å². The summed E-state index contributed by atoms with van der Waals surface area (Å²) in [5.74, 6) is 0. The summed E-state index contributed by atoms with van der Waals surface area (Å²) in [5, 5.41) is 3.51. The predicted molar refractivity (Wildman–Crippen MR) is 89.8 cm³/mol. The number of para-hydroxylation sites is 1. The van der Waals surface area contributed by atoms with Crippen LogP contribution in [0.5, 0.6) is 0 Å². The molecule has 21 heavy (non-hydrogen) atoms. The summed E-state index contributed by atoms with van der Waals surface area (Å²) >= 11 is 0. The Bertz CT molecular complexity index is 392. The molecule has 0 unspecified atom stereocenters. The molecule has 2 aliphatic heterocycles. The van der Waals surface area contributed by atoms with Crippen molar-refractivity contribution < 1.29 is 0 Å². The average molecular weight is 287 g/mol. The van der Waals surface area contributed by atoms with E-state index in [-0.39, 0.29) is 0 Å². The van der Waals surface area contributed by atoms with Crippen LogP contribution in [-0.4, -0.2) is 55.1 Å². The molecule has 1 aromatic rings. The molecular weight excluding hydrogens is 258 g/mol. The van der Waals surface area contributed by atoms with Crippen LogP contribution in [0.25, 0.3) is 0 Å². The maximum atomic E-state index is 3.51. The Hall–Kier alpha value is -1.06. The van der Waals surface area contributed by atoms with Gasteiger partial charge in [0.25, 0.3) is 0 Å². The van der Waals surface area contributed by atoms with E-state index in [1.807, 2.05) is 0 Å². The molecule has 1 aromatic carbocycles. The van der Waals surface area contributed by atoms with E-state index in [1.165, 1.54) is 70.5 Å². The smallest absolute Gasteiger partial charge is 0.0340 e. The number of piperidine rings is 2. The third-order valence-corrected chi connectivity index (χ3v) is 5.00. The van der Waals surface area contributed by atoms with Crippen molar-refractivity contribution in [3.05, 3.63) is 30.3 Å². The minimum Gasteiger partial charge on any atom is -0.384 e. The van der Waals surface area contributed by atoms with Gasteiger partial charge in [-0.15, -0.1) is 0 Å². The summed E-state index contributed by atoms with van der Waals surface area (Å²) in [5.41, 5.74) is 1.24. The van der Waals surface area contributed by atoms with Gasteiger partial charge in [-0.2, -0.15) is 0 Å². The van der Waals surface area contributed by atoms with Gasteiger partial charge in [0, 0.05) is 24.8 Å². The summed E-state index contributed by atoms with van der Waals surface area (Å²) in [6.45, 7) is 7.47. The third kappa shape index (κ3) is 4.45. The van der Waals surface area contributed by atoms with E-state index >= 15 is 0 Å². The highest BCUT2D eigenvalue weighted by Crippen LogP contribution is 2.20. The van der Waals surface area contributed by atoms with Gasteiger partial charge < -0.3 is 15.1 Å². The maximum Gasteiger partial charge on any atom is 0.0340 e. The van der Waals surface area contributed by atoms with Gasteiger partial charge in [-0.1, -0.05) is 24.6 Å². The van der Waals surface area contributed by atoms with Crippen molar-refractivity contribution in [2.75, 3.05) is 44.6 Å². The predicted octanol–water partition coefficient (Wildman–Crippen LogP) is 3.05. The van der Waals surface area contributed by atoms with Gasteiger partial charge in [0.2, 0.25) is 0 Å². The van der Waals surface area contributed by atoms with Crippen LogP contribution in [0.15, 0.2) is 30.3 Å². The normalized spacial score (nSPS) is 22.3. The third-order valence-electron chi connectivity index (χ3n) is 5.00. The zero-order chi connectivity index (χ0) is 14.3. The van der Waals surface area contributed by atoms with E-state index < -0.39 is 0 Å². The molecule has 3 nitrogen and oxygen atoms in total. The van der Waals surface area contributed by atoms with Gasteiger partial charge in [-0.05, 0) is 64.0 Å². The second-order valence-electron chi connectivity index (χ2n) is 6.46. The molecule has 2 saturated heterocycles. The van der Waals surface area contributed by atoms with E-state index in [4.69, 9.17) is 0 Å². The van der Waals surface area contributed by atoms with Crippen molar-refractivity contribution in [2.45, 2.75) is 38.1 Å². The molecule has 0 bridgehead atoms. The lowest BCUT2D eigenvalue weighted by atomic mass is 10.00. The number of nitrogens with one attached hydrogen (secondary N) is 1. The second kappa shape index (κ2) is 7.81. The van der Waals surface area contributed by atoms with Gasteiger partial charge in [-0.25, -0.2) is 0 Å². The number of hydrogen-bond donors (Lipinski definition) is 1. The molecular formula is C18H29N3. The minimum absolute atomic E-state index is 0.864. The largest absolute Gasteiger partial charge is 0.384 e. The lowest BCUT2D eigenvalue weighted by Gasteiger charge is -2.40. The van der Waals surface area contributed by atoms with Crippen LogP contribution in [0, 0.1) is 0 Å². The Kier molecular flexibility index (Phi) is 5.53. The number of anilines is 1. The Morgan fingerprint density at radius 2 is 1.62 bits per heavy atom. The van der Waals surface area contributed by atoms with E-state index in [2.05, 4.69) is 45.4 Å². The number of likely N-dealkylation sites (tertiary alicyclic amines) is 2. The number of hydrogen-bond acceptors (Lipinski definition) is 3. The Morgan fingerprint density at radius 1 is 0.905 bits per heavy atom. The molecule has 0 radical (unpaired) electrons. The zero-order valence-electron chi connectivity index (χ0n) is 13.1. The van der Waals surface area contributed by atoms with Crippen molar-refractivity contribution >= 4 is 5.69 Å². The molecule has 2 heterocycles. The number of nitrogens with zero attached hydrogens (tertiary/aromatic N) is 2. The first-order chi connectivity index (χ1) is 10.4. The Morgan fingerprint density at radius 3 is 2.33 bits per heavy atom. The average Bonchev–Trinajstić information content (AvgIpc) is 2.57. The molecule has 0 aliphatic carbocycles. The van der Waals surface area contributed by atoms with Crippen molar-refractivity contribution in [3.63, 3.8) is 0 Å². The van der Waals surface area contributed by atoms with Crippen LogP contribution in [0.3, 0.4) is 0 Å². The van der Waals surface area contributed by atoms with Crippen LogP contribution in [-0.2, 0) is 0 Å². The highest BCUT2D eigenvalue weighted by molar-refractivity contribution is 5.42. The summed E-state index contributed by atoms with van der Waals surface area (Å²) in [4.78, 5) is 5.37. The highest BCUT2D eigenvalue weighted by Gasteiger charge is 2.25. The van der Waals surface area contributed by atoms with Crippen LogP contribution >= 0.6 is 0 Å². The zero-order valence-corrected chi connectivity index (χ0v) is 13.1. The summed E-state index contributed by atoms with van der Waals surface area (Å²) in [6.07, 6.45) is 7.01. The maximum absolute atomic E-state index is 3.51. The summed E-state index contributed by atoms with van der Waals surface area (Å²) in [6, 6.07) is 11.4. The molecule has 0 amide bonds. The van der Waals surface area contributed by atoms with Crippen molar-refractivity contribution in [1.82, 2.24) is 9.80 Å². The molecule has 0 spiro atoms. The quantitative estimate of drug-likeness (QED) is 0.898. The first-order valence-corrected chi connectivity index (χ1v) is 8.67. The van der Waals surface area contributed by atoms with Crippen molar-refractivity contribution in [3.8, 4) is 0 Å². The summed E-state index contributed by atoms with van der Waals surface area (Å²) < 4.78 is 0. The molecule has 0 aromatic heterocycles.